The third kappa shape index (κ3) is 1.35. The van der Waals surface area contributed by atoms with E-state index in [1.807, 2.05) is 12.1 Å². The van der Waals surface area contributed by atoms with Crippen molar-refractivity contribution in [2.24, 2.45) is 0 Å². The molecule has 0 N–H and O–H groups in total. The number of benzene rings is 1. The summed E-state index contributed by atoms with van der Waals surface area (Å²) in [5, 5.41) is 9.83. The number of ether oxygens (including phenoxy) is 1. The Labute approximate surface area is 91.1 Å². The van der Waals surface area contributed by atoms with E-state index in [4.69, 9.17) is 10.00 Å². The first-order chi connectivity index (χ1) is 6.76. The SMILES string of the molecule is COc1c(C#N)ccc2sc(S)cc12. The van der Waals surface area contributed by atoms with Crippen molar-refractivity contribution < 1.29 is 4.74 Å². The zero-order chi connectivity index (χ0) is 10.1. The smallest absolute Gasteiger partial charge is 0.145 e. The molecule has 0 bridgehead atoms. The van der Waals surface area contributed by atoms with Gasteiger partial charge in [-0.2, -0.15) is 5.26 Å². The number of thiophene rings is 1. The standard InChI is InChI=1S/C10H7NOS2/c1-12-10-6(5-11)2-3-8-7(10)4-9(13)14-8/h2-4,13H,1H3. The first kappa shape index (κ1) is 9.38. The molecule has 1 aromatic heterocycles. The lowest BCUT2D eigenvalue weighted by molar-refractivity contribution is 0.418. The highest BCUT2D eigenvalue weighted by molar-refractivity contribution is 7.83. The van der Waals surface area contributed by atoms with Crippen molar-refractivity contribution in [3.05, 3.63) is 23.8 Å². The zero-order valence-corrected chi connectivity index (χ0v) is 9.15. The lowest BCUT2D eigenvalue weighted by Crippen LogP contribution is -1.87. The minimum atomic E-state index is 0.561. The predicted octanol–water partition coefficient (Wildman–Crippen LogP) is 3.07. The maximum Gasteiger partial charge on any atom is 0.145 e. The van der Waals surface area contributed by atoms with Crippen LogP contribution in [-0.4, -0.2) is 7.11 Å². The number of thiol groups is 1. The fourth-order valence-electron chi connectivity index (χ4n) is 1.38. The van der Waals surface area contributed by atoms with Crippen LogP contribution < -0.4 is 4.74 Å². The summed E-state index contributed by atoms with van der Waals surface area (Å²) >= 11 is 5.85. The van der Waals surface area contributed by atoms with E-state index in [0.717, 1.165) is 14.3 Å². The van der Waals surface area contributed by atoms with E-state index in [2.05, 4.69) is 18.7 Å². The first-order valence-electron chi connectivity index (χ1n) is 3.96. The van der Waals surface area contributed by atoms with Gasteiger partial charge in [0, 0.05) is 10.1 Å². The molecule has 0 spiro atoms. The van der Waals surface area contributed by atoms with Gasteiger partial charge in [0.15, 0.2) is 0 Å². The predicted molar refractivity (Wildman–Crippen MR) is 60.3 cm³/mol. The topological polar surface area (TPSA) is 33.0 Å². The number of methoxy groups -OCH3 is 1. The minimum Gasteiger partial charge on any atom is -0.495 e. The molecule has 2 aromatic rings. The number of nitriles is 1. The first-order valence-corrected chi connectivity index (χ1v) is 5.22. The maximum atomic E-state index is 8.87. The fourth-order valence-corrected chi connectivity index (χ4v) is 2.60. The zero-order valence-electron chi connectivity index (χ0n) is 7.44. The molecule has 0 aliphatic rings. The monoisotopic (exact) mass is 221 g/mol. The number of rotatable bonds is 1. The van der Waals surface area contributed by atoms with Crippen molar-refractivity contribution in [3.63, 3.8) is 0 Å². The molecule has 0 fully saturated rings. The van der Waals surface area contributed by atoms with E-state index in [9.17, 15) is 0 Å². The summed E-state index contributed by atoms with van der Waals surface area (Å²) in [4.78, 5) is 0. The van der Waals surface area contributed by atoms with E-state index >= 15 is 0 Å². The van der Waals surface area contributed by atoms with Crippen LogP contribution in [0, 0.1) is 11.3 Å². The van der Waals surface area contributed by atoms with Crippen LogP contribution in [0.2, 0.25) is 0 Å². The van der Waals surface area contributed by atoms with Crippen molar-refractivity contribution in [2.45, 2.75) is 4.21 Å². The van der Waals surface area contributed by atoms with Gasteiger partial charge >= 0.3 is 0 Å². The Hall–Kier alpha value is -1.18. The maximum absolute atomic E-state index is 8.87. The summed E-state index contributed by atoms with van der Waals surface area (Å²) in [6.45, 7) is 0. The van der Waals surface area contributed by atoms with E-state index in [1.165, 1.54) is 0 Å². The van der Waals surface area contributed by atoms with Gasteiger partial charge in [-0.1, -0.05) is 0 Å². The fraction of sp³-hybridized carbons (Fsp3) is 0.100. The summed E-state index contributed by atoms with van der Waals surface area (Å²) in [6, 6.07) is 7.71. The highest BCUT2D eigenvalue weighted by Crippen LogP contribution is 2.36. The average Bonchev–Trinajstić information content (AvgIpc) is 2.56. The van der Waals surface area contributed by atoms with Gasteiger partial charge in [-0.3, -0.25) is 0 Å². The van der Waals surface area contributed by atoms with Crippen molar-refractivity contribution in [2.75, 3.05) is 7.11 Å². The third-order valence-electron chi connectivity index (χ3n) is 1.96. The second-order valence-electron chi connectivity index (χ2n) is 2.75. The lowest BCUT2D eigenvalue weighted by Gasteiger charge is -2.02. The molecule has 2 rings (SSSR count). The molecule has 0 atom stereocenters. The van der Waals surface area contributed by atoms with Gasteiger partial charge in [-0.25, -0.2) is 0 Å². The van der Waals surface area contributed by atoms with Crippen molar-refractivity contribution in [1.82, 2.24) is 0 Å². The molecule has 0 radical (unpaired) electrons. The van der Waals surface area contributed by atoms with E-state index < -0.39 is 0 Å². The van der Waals surface area contributed by atoms with Crippen molar-refractivity contribution in [1.29, 1.82) is 5.26 Å². The molecular weight excluding hydrogens is 214 g/mol. The molecule has 0 aliphatic heterocycles. The summed E-state index contributed by atoms with van der Waals surface area (Å²) in [7, 11) is 1.57. The quantitative estimate of drug-likeness (QED) is 0.751. The van der Waals surface area contributed by atoms with E-state index in [-0.39, 0.29) is 0 Å². The van der Waals surface area contributed by atoms with Crippen molar-refractivity contribution >= 4 is 34.1 Å². The molecule has 1 aromatic carbocycles. The lowest BCUT2D eigenvalue weighted by atomic mass is 10.1. The second kappa shape index (κ2) is 3.52. The molecule has 14 heavy (non-hydrogen) atoms. The van der Waals surface area contributed by atoms with E-state index in [1.54, 1.807) is 24.5 Å². The summed E-state index contributed by atoms with van der Waals surface area (Å²) in [6.07, 6.45) is 0. The Morgan fingerprint density at radius 2 is 2.29 bits per heavy atom. The third-order valence-corrected chi connectivity index (χ3v) is 3.27. The Morgan fingerprint density at radius 1 is 1.50 bits per heavy atom. The van der Waals surface area contributed by atoms with Gasteiger partial charge in [0.2, 0.25) is 0 Å². The number of hydrogen-bond donors (Lipinski definition) is 1. The summed E-state index contributed by atoms with van der Waals surface area (Å²) in [5.74, 6) is 0.640. The Morgan fingerprint density at radius 3 is 2.93 bits per heavy atom. The number of fused-ring (bicyclic) bond motifs is 1. The molecule has 2 nitrogen and oxygen atoms in total. The molecule has 4 heteroatoms. The molecule has 0 unspecified atom stereocenters. The van der Waals surface area contributed by atoms with Gasteiger partial charge in [0.05, 0.1) is 16.9 Å². The van der Waals surface area contributed by atoms with Crippen LogP contribution in [0.5, 0.6) is 5.75 Å². The van der Waals surface area contributed by atoms with Gasteiger partial charge in [-0.05, 0) is 18.2 Å². The van der Waals surface area contributed by atoms with Crippen LogP contribution in [0.4, 0.5) is 0 Å². The molecular formula is C10H7NOS2. The highest BCUT2D eigenvalue weighted by Gasteiger charge is 2.09. The van der Waals surface area contributed by atoms with Crippen molar-refractivity contribution in [3.8, 4) is 11.8 Å². The largest absolute Gasteiger partial charge is 0.495 e. The van der Waals surface area contributed by atoms with Crippen LogP contribution in [-0.2, 0) is 0 Å². The number of nitrogens with zero attached hydrogens (tertiary/aromatic N) is 1. The average molecular weight is 221 g/mol. The van der Waals surface area contributed by atoms with Gasteiger partial charge < -0.3 is 4.74 Å². The van der Waals surface area contributed by atoms with Crippen LogP contribution in [0.25, 0.3) is 10.1 Å². The molecule has 0 saturated carbocycles. The van der Waals surface area contributed by atoms with Gasteiger partial charge in [0.25, 0.3) is 0 Å². The summed E-state index contributed by atoms with van der Waals surface area (Å²) in [5.41, 5.74) is 0.561. The molecule has 0 aliphatic carbocycles. The Kier molecular flexibility index (Phi) is 2.36. The molecule has 0 amide bonds. The van der Waals surface area contributed by atoms with Crippen LogP contribution >= 0.6 is 24.0 Å². The molecule has 70 valence electrons. The normalized spacial score (nSPS) is 10.1. The van der Waals surface area contributed by atoms with Gasteiger partial charge in [-0.15, -0.1) is 24.0 Å². The van der Waals surface area contributed by atoms with Crippen LogP contribution in [0.1, 0.15) is 5.56 Å². The Bertz CT molecular complexity index is 525. The van der Waals surface area contributed by atoms with Crippen LogP contribution in [0.15, 0.2) is 22.4 Å². The van der Waals surface area contributed by atoms with E-state index in [0.29, 0.717) is 11.3 Å². The molecule has 0 saturated heterocycles. The van der Waals surface area contributed by atoms with Gasteiger partial charge in [0.1, 0.15) is 11.8 Å². The Balaban J connectivity index is 2.84. The second-order valence-corrected chi connectivity index (χ2v) is 4.62. The summed E-state index contributed by atoms with van der Waals surface area (Å²) < 4.78 is 7.23. The van der Waals surface area contributed by atoms with Crippen LogP contribution in [0.3, 0.4) is 0 Å². The molecule has 1 heterocycles. The number of hydrogen-bond acceptors (Lipinski definition) is 4. The highest BCUT2D eigenvalue weighted by atomic mass is 32.2. The minimum absolute atomic E-state index is 0.561.